The van der Waals surface area contributed by atoms with Crippen LogP contribution in [0.3, 0.4) is 0 Å². The minimum atomic E-state index is -0.836. The summed E-state index contributed by atoms with van der Waals surface area (Å²) in [6.45, 7) is 2.76. The van der Waals surface area contributed by atoms with E-state index in [2.05, 4.69) is 33.1 Å². The third-order valence-electron chi connectivity index (χ3n) is 6.93. The van der Waals surface area contributed by atoms with Gasteiger partial charge in [-0.15, -0.1) is 0 Å². The number of halogens is 2. The molecule has 0 bridgehead atoms. The molecule has 0 atom stereocenters. The SMILES string of the molecule is Cc1cc(Oc2c(F)cccc2F)ncc1-n1ncc(C(=O)c2cc3c4c(ccc3[nH]2)N(C)CCC4)c1N. The van der Waals surface area contributed by atoms with E-state index >= 15 is 0 Å². The standard InChI is InChI=1S/C28H24F2N6O2/c1-15-11-25(38-27-19(29)6-3-7-20(27)30)32-14-24(15)36-28(31)18(13-33-36)26(37)22-12-17-16-5-4-10-35(2)23(16)9-8-21(17)34-22/h3,6-9,11-14,34H,4-5,10,31H2,1-2H3. The minimum Gasteiger partial charge on any atom is -0.433 e. The number of pyridine rings is 1. The predicted octanol–water partition coefficient (Wildman–Crippen LogP) is 5.32. The number of ketones is 1. The molecule has 1 aliphatic heterocycles. The van der Waals surface area contributed by atoms with Gasteiger partial charge in [-0.25, -0.2) is 18.4 Å². The van der Waals surface area contributed by atoms with Gasteiger partial charge < -0.3 is 20.4 Å². The zero-order valence-electron chi connectivity index (χ0n) is 20.8. The molecule has 4 heterocycles. The van der Waals surface area contributed by atoms with Crippen LogP contribution in [0.1, 0.15) is 33.6 Å². The fraction of sp³-hybridized carbons (Fsp3) is 0.179. The van der Waals surface area contributed by atoms with Crippen molar-refractivity contribution in [2.24, 2.45) is 0 Å². The molecule has 2 aromatic carbocycles. The van der Waals surface area contributed by atoms with Gasteiger partial charge in [0.25, 0.3) is 0 Å². The maximum atomic E-state index is 14.0. The van der Waals surface area contributed by atoms with Crippen molar-refractivity contribution in [1.82, 2.24) is 19.7 Å². The Morgan fingerprint density at radius 1 is 1.11 bits per heavy atom. The summed E-state index contributed by atoms with van der Waals surface area (Å²) in [6, 6.07) is 10.9. The van der Waals surface area contributed by atoms with Gasteiger partial charge in [0.15, 0.2) is 11.6 Å². The van der Waals surface area contributed by atoms with E-state index in [0.717, 1.165) is 42.4 Å². The Kier molecular flexibility index (Phi) is 5.59. The monoisotopic (exact) mass is 514 g/mol. The number of aromatic amines is 1. The number of rotatable bonds is 5. The lowest BCUT2D eigenvalue weighted by molar-refractivity contribution is 0.103. The molecule has 0 saturated carbocycles. The van der Waals surface area contributed by atoms with Crippen molar-refractivity contribution in [2.45, 2.75) is 19.8 Å². The number of nitrogens with one attached hydrogen (secondary N) is 1. The summed E-state index contributed by atoms with van der Waals surface area (Å²) in [5, 5.41) is 5.35. The Labute approximate surface area is 216 Å². The number of hydrogen-bond donors (Lipinski definition) is 2. The molecule has 10 heteroatoms. The molecule has 38 heavy (non-hydrogen) atoms. The van der Waals surface area contributed by atoms with Crippen molar-refractivity contribution in [3.63, 3.8) is 0 Å². The van der Waals surface area contributed by atoms with E-state index in [1.807, 2.05) is 12.1 Å². The van der Waals surface area contributed by atoms with E-state index < -0.39 is 17.4 Å². The van der Waals surface area contributed by atoms with Crippen molar-refractivity contribution in [2.75, 3.05) is 24.2 Å². The maximum absolute atomic E-state index is 14.0. The average Bonchev–Trinajstić information content (AvgIpc) is 3.50. The molecule has 0 radical (unpaired) electrons. The molecule has 5 aromatic rings. The topological polar surface area (TPSA) is 102 Å². The summed E-state index contributed by atoms with van der Waals surface area (Å²) in [4.78, 5) is 23.1. The highest BCUT2D eigenvalue weighted by Crippen LogP contribution is 2.34. The first-order chi connectivity index (χ1) is 18.3. The Morgan fingerprint density at radius 3 is 2.66 bits per heavy atom. The van der Waals surface area contributed by atoms with Crippen LogP contribution in [0, 0.1) is 18.6 Å². The van der Waals surface area contributed by atoms with Gasteiger partial charge in [-0.3, -0.25) is 4.79 Å². The quantitative estimate of drug-likeness (QED) is 0.308. The summed E-state index contributed by atoms with van der Waals surface area (Å²) in [6.07, 6.45) is 4.86. The average molecular weight is 515 g/mol. The first-order valence-corrected chi connectivity index (χ1v) is 12.1. The second-order valence-electron chi connectivity index (χ2n) is 9.38. The first kappa shape index (κ1) is 23.7. The Morgan fingerprint density at radius 2 is 1.89 bits per heavy atom. The number of para-hydroxylation sites is 1. The van der Waals surface area contributed by atoms with Gasteiger partial charge in [0.1, 0.15) is 5.82 Å². The van der Waals surface area contributed by atoms with Crippen LogP contribution in [-0.4, -0.2) is 39.1 Å². The van der Waals surface area contributed by atoms with Gasteiger partial charge in [-0.1, -0.05) is 6.07 Å². The molecule has 1 aliphatic rings. The Hall–Kier alpha value is -4.73. The van der Waals surface area contributed by atoms with Gasteiger partial charge in [0.05, 0.1) is 29.3 Å². The number of fused-ring (bicyclic) bond motifs is 3. The van der Waals surface area contributed by atoms with Crippen LogP contribution >= 0.6 is 0 Å². The highest BCUT2D eigenvalue weighted by molar-refractivity contribution is 6.13. The van der Waals surface area contributed by atoms with E-state index in [-0.39, 0.29) is 23.0 Å². The molecule has 3 N–H and O–H groups in total. The lowest BCUT2D eigenvalue weighted by Crippen LogP contribution is -2.24. The van der Waals surface area contributed by atoms with Crippen LogP contribution in [0.25, 0.3) is 16.6 Å². The first-order valence-electron chi connectivity index (χ1n) is 12.1. The number of aromatic nitrogens is 4. The molecule has 6 rings (SSSR count). The lowest BCUT2D eigenvalue weighted by Gasteiger charge is -2.27. The molecular weight excluding hydrogens is 490 g/mol. The van der Waals surface area contributed by atoms with Gasteiger partial charge in [0.2, 0.25) is 17.4 Å². The molecule has 192 valence electrons. The summed E-state index contributed by atoms with van der Waals surface area (Å²) in [5.41, 5.74) is 11.5. The van der Waals surface area contributed by atoms with E-state index in [1.54, 1.807) is 6.92 Å². The van der Waals surface area contributed by atoms with Crippen molar-refractivity contribution in [1.29, 1.82) is 0 Å². The zero-order valence-corrected chi connectivity index (χ0v) is 20.8. The van der Waals surface area contributed by atoms with Gasteiger partial charge in [0, 0.05) is 36.2 Å². The molecule has 0 unspecified atom stereocenters. The van der Waals surface area contributed by atoms with Gasteiger partial charge in [-0.2, -0.15) is 5.10 Å². The smallest absolute Gasteiger partial charge is 0.219 e. The summed E-state index contributed by atoms with van der Waals surface area (Å²) in [7, 11) is 2.07. The second-order valence-corrected chi connectivity index (χ2v) is 9.38. The third kappa shape index (κ3) is 3.85. The van der Waals surface area contributed by atoms with E-state index in [9.17, 15) is 13.6 Å². The van der Waals surface area contributed by atoms with Gasteiger partial charge >= 0.3 is 0 Å². The molecule has 0 saturated heterocycles. The van der Waals surface area contributed by atoms with Crippen LogP contribution in [0.15, 0.2) is 54.9 Å². The highest BCUT2D eigenvalue weighted by atomic mass is 19.1. The van der Waals surface area contributed by atoms with Crippen LogP contribution in [0.4, 0.5) is 20.3 Å². The number of anilines is 2. The van der Waals surface area contributed by atoms with Crippen molar-refractivity contribution in [3.05, 3.63) is 88.9 Å². The highest BCUT2D eigenvalue weighted by Gasteiger charge is 2.23. The fourth-order valence-electron chi connectivity index (χ4n) is 4.96. The number of ether oxygens (including phenoxy) is 1. The van der Waals surface area contributed by atoms with Crippen LogP contribution < -0.4 is 15.4 Å². The number of hydrogen-bond acceptors (Lipinski definition) is 6. The fourth-order valence-corrected chi connectivity index (χ4v) is 4.96. The lowest BCUT2D eigenvalue weighted by atomic mass is 9.98. The van der Waals surface area contributed by atoms with Crippen LogP contribution in [-0.2, 0) is 6.42 Å². The summed E-state index contributed by atoms with van der Waals surface area (Å²) in [5.74, 6) is -2.33. The summed E-state index contributed by atoms with van der Waals surface area (Å²) >= 11 is 0. The number of H-pyrrole nitrogens is 1. The van der Waals surface area contributed by atoms with Crippen LogP contribution in [0.2, 0.25) is 0 Å². The van der Waals surface area contributed by atoms with Crippen LogP contribution in [0.5, 0.6) is 11.6 Å². The molecule has 8 nitrogen and oxygen atoms in total. The summed E-state index contributed by atoms with van der Waals surface area (Å²) < 4.78 is 34.7. The van der Waals surface area contributed by atoms with Crippen molar-refractivity contribution in [3.8, 4) is 17.3 Å². The number of nitrogen functional groups attached to an aromatic ring is 1. The predicted molar refractivity (Wildman–Crippen MR) is 140 cm³/mol. The molecule has 0 spiro atoms. The van der Waals surface area contributed by atoms with Crippen molar-refractivity contribution >= 4 is 28.2 Å². The minimum absolute atomic E-state index is 0.00401. The van der Waals surface area contributed by atoms with E-state index in [4.69, 9.17) is 10.5 Å². The maximum Gasteiger partial charge on any atom is 0.219 e. The number of carbonyl (C=O) groups excluding carboxylic acids is 1. The number of nitrogens with zero attached hydrogens (tertiary/aromatic N) is 4. The number of aryl methyl sites for hydroxylation is 2. The Balaban J connectivity index is 1.30. The van der Waals surface area contributed by atoms with E-state index in [0.29, 0.717) is 16.9 Å². The molecule has 0 amide bonds. The zero-order chi connectivity index (χ0) is 26.6. The number of carbonyl (C=O) groups is 1. The Bertz CT molecular complexity index is 1700. The number of benzene rings is 2. The molecular formula is C28H24F2N6O2. The van der Waals surface area contributed by atoms with Gasteiger partial charge in [-0.05, 0) is 61.2 Å². The number of nitrogens with two attached hydrogens (primary N) is 1. The largest absolute Gasteiger partial charge is 0.433 e. The molecule has 3 aromatic heterocycles. The normalized spacial score (nSPS) is 13.1. The van der Waals surface area contributed by atoms with E-state index in [1.165, 1.54) is 40.5 Å². The molecule has 0 fully saturated rings. The second kappa shape index (κ2) is 8.98. The third-order valence-corrected chi connectivity index (χ3v) is 6.93. The molecule has 0 aliphatic carbocycles. The van der Waals surface area contributed by atoms with Crippen molar-refractivity contribution < 1.29 is 18.3 Å².